The molecule has 0 fully saturated rings. The van der Waals surface area contributed by atoms with E-state index in [0.717, 1.165) is 5.56 Å². The maximum Gasteiger partial charge on any atom is 0.338 e. The van der Waals surface area contributed by atoms with Crippen molar-refractivity contribution in [3.63, 3.8) is 0 Å². The molecule has 92 valence electrons. The van der Waals surface area contributed by atoms with Gasteiger partial charge in [-0.1, -0.05) is 0 Å². The van der Waals surface area contributed by atoms with Gasteiger partial charge in [0.1, 0.15) is 5.84 Å². The number of alkyl halides is 1. The predicted octanol–water partition coefficient (Wildman–Crippen LogP) is 2.40. The minimum absolute atomic E-state index is 0.180. The van der Waals surface area contributed by atoms with Gasteiger partial charge in [-0.25, -0.2) is 9.79 Å². The summed E-state index contributed by atoms with van der Waals surface area (Å²) in [7, 11) is 0. The summed E-state index contributed by atoms with van der Waals surface area (Å²) < 4.78 is 4.90. The highest BCUT2D eigenvalue weighted by Crippen LogP contribution is 2.20. The number of aryl methyl sites for hydroxylation is 1. The molecule has 1 aromatic carbocycles. The third kappa shape index (κ3) is 3.75. The van der Waals surface area contributed by atoms with Gasteiger partial charge in [-0.15, -0.1) is 11.6 Å². The van der Waals surface area contributed by atoms with Gasteiger partial charge >= 0.3 is 5.97 Å². The lowest BCUT2D eigenvalue weighted by Crippen LogP contribution is -2.12. The van der Waals surface area contributed by atoms with Crippen molar-refractivity contribution in [1.82, 2.24) is 0 Å². The van der Waals surface area contributed by atoms with E-state index in [9.17, 15) is 4.79 Å². The zero-order chi connectivity index (χ0) is 12.8. The third-order valence-electron chi connectivity index (χ3n) is 2.11. The average molecular weight is 255 g/mol. The molecule has 0 saturated carbocycles. The summed E-state index contributed by atoms with van der Waals surface area (Å²) in [6.45, 7) is 3.98. The predicted molar refractivity (Wildman–Crippen MR) is 69.1 cm³/mol. The number of amidine groups is 1. The lowest BCUT2D eigenvalue weighted by atomic mass is 10.1. The molecular formula is C12H15ClN2O2. The summed E-state index contributed by atoms with van der Waals surface area (Å²) in [5, 5.41) is 0. The maximum atomic E-state index is 11.5. The number of hydrogen-bond donors (Lipinski definition) is 1. The fraction of sp³-hybridized carbons (Fsp3) is 0.333. The highest BCUT2D eigenvalue weighted by atomic mass is 35.5. The number of nitrogens with two attached hydrogens (primary N) is 1. The number of esters is 1. The third-order valence-corrected chi connectivity index (χ3v) is 2.38. The molecule has 5 heteroatoms. The Kier molecular flexibility index (Phi) is 4.97. The summed E-state index contributed by atoms with van der Waals surface area (Å²) in [5.41, 5.74) is 7.61. The van der Waals surface area contributed by atoms with Crippen molar-refractivity contribution in [3.05, 3.63) is 29.3 Å². The summed E-state index contributed by atoms with van der Waals surface area (Å²) >= 11 is 5.55. The van der Waals surface area contributed by atoms with Gasteiger partial charge in [0.2, 0.25) is 0 Å². The summed E-state index contributed by atoms with van der Waals surface area (Å²) in [6, 6.07) is 5.10. The number of carbonyl (C=O) groups excluding carboxylic acids is 1. The van der Waals surface area contributed by atoms with Crippen molar-refractivity contribution in [1.29, 1.82) is 0 Å². The van der Waals surface area contributed by atoms with Gasteiger partial charge in [0.25, 0.3) is 0 Å². The molecule has 0 bridgehead atoms. The molecule has 0 saturated heterocycles. The van der Waals surface area contributed by atoms with Crippen LogP contribution in [0.4, 0.5) is 5.69 Å². The number of nitrogens with zero attached hydrogens (tertiary/aromatic N) is 1. The fourth-order valence-corrected chi connectivity index (χ4v) is 1.37. The van der Waals surface area contributed by atoms with Gasteiger partial charge in [-0.3, -0.25) is 0 Å². The number of rotatable bonds is 4. The first kappa shape index (κ1) is 13.5. The Morgan fingerprint density at radius 2 is 2.24 bits per heavy atom. The molecule has 17 heavy (non-hydrogen) atoms. The Labute approximate surface area is 105 Å². The topological polar surface area (TPSA) is 64.7 Å². The highest BCUT2D eigenvalue weighted by molar-refractivity contribution is 6.28. The zero-order valence-corrected chi connectivity index (χ0v) is 10.6. The Morgan fingerprint density at radius 1 is 1.53 bits per heavy atom. The number of benzene rings is 1. The quantitative estimate of drug-likeness (QED) is 0.388. The largest absolute Gasteiger partial charge is 0.462 e. The van der Waals surface area contributed by atoms with Crippen LogP contribution in [0.15, 0.2) is 23.2 Å². The van der Waals surface area contributed by atoms with Crippen LogP contribution in [-0.4, -0.2) is 24.3 Å². The molecule has 1 rings (SSSR count). The maximum absolute atomic E-state index is 11.5. The Bertz CT molecular complexity index is 444. The van der Waals surface area contributed by atoms with Crippen molar-refractivity contribution in [2.45, 2.75) is 13.8 Å². The van der Waals surface area contributed by atoms with E-state index in [2.05, 4.69) is 4.99 Å². The second-order valence-corrected chi connectivity index (χ2v) is 3.73. The minimum Gasteiger partial charge on any atom is -0.462 e. The molecule has 0 aliphatic rings. The molecule has 2 N–H and O–H groups in total. The van der Waals surface area contributed by atoms with Crippen LogP contribution in [0.2, 0.25) is 0 Å². The second kappa shape index (κ2) is 6.25. The van der Waals surface area contributed by atoms with Crippen molar-refractivity contribution in [2.24, 2.45) is 10.7 Å². The molecular weight excluding hydrogens is 240 g/mol. The van der Waals surface area contributed by atoms with Crippen LogP contribution in [0.25, 0.3) is 0 Å². The van der Waals surface area contributed by atoms with Gasteiger partial charge in [-0.05, 0) is 37.6 Å². The summed E-state index contributed by atoms with van der Waals surface area (Å²) in [5.74, 6) is 0.189. The van der Waals surface area contributed by atoms with Crippen LogP contribution in [0.1, 0.15) is 22.8 Å². The van der Waals surface area contributed by atoms with Gasteiger partial charge < -0.3 is 10.5 Å². The van der Waals surface area contributed by atoms with Gasteiger partial charge in [0.05, 0.1) is 23.7 Å². The molecule has 0 amide bonds. The number of aliphatic imine (C=N–C) groups is 1. The Balaban J connectivity index is 2.98. The average Bonchev–Trinajstić information content (AvgIpc) is 2.31. The monoisotopic (exact) mass is 254 g/mol. The smallest absolute Gasteiger partial charge is 0.338 e. The van der Waals surface area contributed by atoms with Gasteiger partial charge in [-0.2, -0.15) is 0 Å². The van der Waals surface area contributed by atoms with Crippen LogP contribution in [0, 0.1) is 6.92 Å². The summed E-state index contributed by atoms with van der Waals surface area (Å²) in [6.07, 6.45) is 0. The van der Waals surface area contributed by atoms with Crippen molar-refractivity contribution in [2.75, 3.05) is 12.5 Å². The first-order chi connectivity index (χ1) is 8.08. The molecule has 0 aromatic heterocycles. The molecule has 0 atom stereocenters. The molecule has 4 nitrogen and oxygen atoms in total. The van der Waals surface area contributed by atoms with E-state index in [1.165, 1.54) is 0 Å². The number of carbonyl (C=O) groups is 1. The standard InChI is InChI=1S/C12H15ClN2O2/c1-3-17-12(16)9-4-5-10(8(2)6-9)15-11(14)7-13/h4-6H,3,7H2,1-2H3,(H2,14,15). The van der Waals surface area contributed by atoms with Crippen LogP contribution in [-0.2, 0) is 4.74 Å². The van der Waals surface area contributed by atoms with E-state index < -0.39 is 0 Å². The van der Waals surface area contributed by atoms with E-state index in [-0.39, 0.29) is 11.8 Å². The lowest BCUT2D eigenvalue weighted by Gasteiger charge is -2.05. The van der Waals surface area contributed by atoms with Crippen molar-refractivity contribution >= 4 is 29.1 Å². The van der Waals surface area contributed by atoms with Crippen molar-refractivity contribution in [3.8, 4) is 0 Å². The van der Waals surface area contributed by atoms with E-state index in [4.69, 9.17) is 22.1 Å². The SMILES string of the molecule is CCOC(=O)c1ccc(N=C(N)CCl)c(C)c1. The van der Waals surface area contributed by atoms with Crippen molar-refractivity contribution < 1.29 is 9.53 Å². The van der Waals surface area contributed by atoms with Gasteiger partial charge in [0.15, 0.2) is 0 Å². The lowest BCUT2D eigenvalue weighted by molar-refractivity contribution is 0.0526. The first-order valence-electron chi connectivity index (χ1n) is 5.25. The van der Waals surface area contributed by atoms with Crippen LogP contribution < -0.4 is 5.73 Å². The molecule has 0 heterocycles. The van der Waals surface area contributed by atoms with E-state index >= 15 is 0 Å². The van der Waals surface area contributed by atoms with Crippen LogP contribution >= 0.6 is 11.6 Å². The second-order valence-electron chi connectivity index (χ2n) is 3.46. The Morgan fingerprint density at radius 3 is 2.76 bits per heavy atom. The molecule has 0 aliphatic heterocycles. The first-order valence-corrected chi connectivity index (χ1v) is 5.78. The normalized spacial score (nSPS) is 11.4. The van der Waals surface area contributed by atoms with E-state index in [1.807, 2.05) is 6.92 Å². The summed E-state index contributed by atoms with van der Waals surface area (Å²) in [4.78, 5) is 15.6. The molecule has 0 unspecified atom stereocenters. The molecule has 0 radical (unpaired) electrons. The van der Waals surface area contributed by atoms with E-state index in [0.29, 0.717) is 23.7 Å². The van der Waals surface area contributed by atoms with Crippen LogP contribution in [0.5, 0.6) is 0 Å². The zero-order valence-electron chi connectivity index (χ0n) is 9.87. The number of halogens is 1. The number of ether oxygens (including phenoxy) is 1. The molecule has 0 spiro atoms. The van der Waals surface area contributed by atoms with Crippen LogP contribution in [0.3, 0.4) is 0 Å². The molecule has 1 aromatic rings. The molecule has 0 aliphatic carbocycles. The number of hydrogen-bond acceptors (Lipinski definition) is 3. The van der Waals surface area contributed by atoms with E-state index in [1.54, 1.807) is 25.1 Å². The van der Waals surface area contributed by atoms with Gasteiger partial charge in [0, 0.05) is 0 Å². The fourth-order valence-electron chi connectivity index (χ4n) is 1.31. The minimum atomic E-state index is -0.337. The Hall–Kier alpha value is -1.55. The highest BCUT2D eigenvalue weighted by Gasteiger charge is 2.08.